The molecule has 2 N–H and O–H groups in total. The zero-order valence-electron chi connectivity index (χ0n) is 19.8. The standard InChI is InChI=1S/C30H31N3O2/c34-29(24-11-5-2-6-12-24)32-28(20-25-21-31-27-14-8-7-13-26(25)27)30(35)33-17-15-23(16-18-33)19-22-9-3-1-4-10-22/h1-14,21,23,28,31H,15-20H2,(H,32,34). The fourth-order valence-electron chi connectivity index (χ4n) is 5.08. The van der Waals surface area contributed by atoms with E-state index in [9.17, 15) is 9.59 Å². The van der Waals surface area contributed by atoms with Crippen LogP contribution in [0.2, 0.25) is 0 Å². The van der Waals surface area contributed by atoms with Gasteiger partial charge in [-0.3, -0.25) is 9.59 Å². The number of aromatic nitrogens is 1. The molecule has 1 atom stereocenters. The fraction of sp³-hybridized carbons (Fsp3) is 0.267. The van der Waals surface area contributed by atoms with Gasteiger partial charge >= 0.3 is 0 Å². The number of nitrogens with one attached hydrogen (secondary N) is 2. The molecule has 1 aliphatic heterocycles. The molecule has 2 amide bonds. The summed E-state index contributed by atoms with van der Waals surface area (Å²) in [4.78, 5) is 31.9. The number of hydrogen-bond donors (Lipinski definition) is 2. The number of aromatic amines is 1. The first-order valence-electron chi connectivity index (χ1n) is 12.4. The van der Waals surface area contributed by atoms with Crippen LogP contribution >= 0.6 is 0 Å². The van der Waals surface area contributed by atoms with E-state index in [-0.39, 0.29) is 11.8 Å². The van der Waals surface area contributed by atoms with Crippen LogP contribution in [0.5, 0.6) is 0 Å². The van der Waals surface area contributed by atoms with E-state index < -0.39 is 6.04 Å². The number of benzene rings is 3. The lowest BCUT2D eigenvalue weighted by molar-refractivity contribution is -0.134. The first-order chi connectivity index (χ1) is 17.2. The summed E-state index contributed by atoms with van der Waals surface area (Å²) in [6, 6.07) is 27.1. The third-order valence-electron chi connectivity index (χ3n) is 7.03. The molecule has 1 aromatic heterocycles. The molecule has 5 nitrogen and oxygen atoms in total. The maximum atomic E-state index is 13.7. The van der Waals surface area contributed by atoms with Gasteiger partial charge in [0, 0.05) is 42.2 Å². The Morgan fingerprint density at radius 2 is 1.54 bits per heavy atom. The van der Waals surface area contributed by atoms with Crippen LogP contribution in [0.4, 0.5) is 0 Å². The Morgan fingerprint density at radius 1 is 0.886 bits per heavy atom. The van der Waals surface area contributed by atoms with E-state index in [1.54, 1.807) is 12.1 Å². The topological polar surface area (TPSA) is 65.2 Å². The van der Waals surface area contributed by atoms with E-state index in [4.69, 9.17) is 0 Å². The molecule has 5 heteroatoms. The van der Waals surface area contributed by atoms with Crippen molar-refractivity contribution < 1.29 is 9.59 Å². The predicted octanol–water partition coefficient (Wildman–Crippen LogP) is 4.99. The van der Waals surface area contributed by atoms with Gasteiger partial charge in [-0.05, 0) is 54.5 Å². The van der Waals surface area contributed by atoms with Crippen LogP contribution in [0.25, 0.3) is 10.9 Å². The molecule has 0 spiro atoms. The molecule has 0 saturated carbocycles. The van der Waals surface area contributed by atoms with Crippen LogP contribution < -0.4 is 5.32 Å². The highest BCUT2D eigenvalue weighted by Crippen LogP contribution is 2.24. The monoisotopic (exact) mass is 465 g/mol. The average molecular weight is 466 g/mol. The van der Waals surface area contributed by atoms with Gasteiger partial charge in [0.25, 0.3) is 5.91 Å². The smallest absolute Gasteiger partial charge is 0.251 e. The summed E-state index contributed by atoms with van der Waals surface area (Å²) < 4.78 is 0. The summed E-state index contributed by atoms with van der Waals surface area (Å²) >= 11 is 0. The van der Waals surface area contributed by atoms with Crippen LogP contribution in [0.15, 0.2) is 91.1 Å². The van der Waals surface area contributed by atoms with E-state index in [0.717, 1.165) is 48.8 Å². The van der Waals surface area contributed by atoms with Gasteiger partial charge in [-0.2, -0.15) is 0 Å². The quantitative estimate of drug-likeness (QED) is 0.404. The second-order valence-electron chi connectivity index (χ2n) is 9.41. The van der Waals surface area contributed by atoms with Crippen molar-refractivity contribution in [2.75, 3.05) is 13.1 Å². The lowest BCUT2D eigenvalue weighted by Gasteiger charge is -2.34. The number of para-hydroxylation sites is 1. The number of fused-ring (bicyclic) bond motifs is 1. The molecule has 1 aliphatic rings. The zero-order valence-corrected chi connectivity index (χ0v) is 19.8. The molecule has 1 saturated heterocycles. The van der Waals surface area contributed by atoms with Crippen molar-refractivity contribution in [3.8, 4) is 0 Å². The van der Waals surface area contributed by atoms with E-state index in [1.807, 2.05) is 53.6 Å². The Morgan fingerprint density at radius 3 is 2.29 bits per heavy atom. The minimum atomic E-state index is -0.618. The number of nitrogens with zero attached hydrogens (tertiary/aromatic N) is 1. The molecule has 4 aromatic rings. The minimum Gasteiger partial charge on any atom is -0.361 e. The molecule has 5 rings (SSSR count). The molecule has 0 radical (unpaired) electrons. The molecule has 35 heavy (non-hydrogen) atoms. The van der Waals surface area contributed by atoms with Gasteiger partial charge in [-0.15, -0.1) is 0 Å². The predicted molar refractivity (Wildman–Crippen MR) is 139 cm³/mol. The molecule has 1 fully saturated rings. The van der Waals surface area contributed by atoms with Gasteiger partial charge in [0.15, 0.2) is 0 Å². The summed E-state index contributed by atoms with van der Waals surface area (Å²) in [6.07, 6.45) is 5.41. The Labute approximate surface area is 206 Å². The molecular weight excluding hydrogens is 434 g/mol. The summed E-state index contributed by atoms with van der Waals surface area (Å²) in [5.74, 6) is 0.355. The largest absolute Gasteiger partial charge is 0.361 e. The molecule has 3 aromatic carbocycles. The second kappa shape index (κ2) is 10.6. The van der Waals surface area contributed by atoms with Crippen molar-refractivity contribution in [3.63, 3.8) is 0 Å². The van der Waals surface area contributed by atoms with Crippen LogP contribution in [0, 0.1) is 5.92 Å². The first-order valence-corrected chi connectivity index (χ1v) is 12.4. The highest BCUT2D eigenvalue weighted by molar-refractivity contribution is 5.98. The number of rotatable bonds is 7. The minimum absolute atomic E-state index is 0.00211. The number of hydrogen-bond acceptors (Lipinski definition) is 2. The van der Waals surface area contributed by atoms with Crippen LogP contribution in [-0.4, -0.2) is 40.8 Å². The number of H-pyrrole nitrogens is 1. The van der Waals surface area contributed by atoms with Gasteiger partial charge in [-0.1, -0.05) is 66.7 Å². The Balaban J connectivity index is 1.30. The molecule has 1 unspecified atom stereocenters. The zero-order chi connectivity index (χ0) is 24.0. The summed E-state index contributed by atoms with van der Waals surface area (Å²) in [6.45, 7) is 1.45. The van der Waals surface area contributed by atoms with Crippen molar-refractivity contribution in [2.24, 2.45) is 5.92 Å². The molecule has 0 bridgehead atoms. The van der Waals surface area contributed by atoms with Crippen molar-refractivity contribution >= 4 is 22.7 Å². The number of piperidine rings is 1. The van der Waals surface area contributed by atoms with Gasteiger partial charge < -0.3 is 15.2 Å². The van der Waals surface area contributed by atoms with Crippen molar-refractivity contribution in [1.29, 1.82) is 0 Å². The number of amides is 2. The maximum Gasteiger partial charge on any atom is 0.251 e. The summed E-state index contributed by atoms with van der Waals surface area (Å²) in [5, 5.41) is 4.12. The Bertz CT molecular complexity index is 1270. The lowest BCUT2D eigenvalue weighted by Crippen LogP contribution is -2.51. The fourth-order valence-corrected chi connectivity index (χ4v) is 5.08. The normalized spacial score (nSPS) is 15.1. The van der Waals surface area contributed by atoms with E-state index in [0.29, 0.717) is 17.9 Å². The molecule has 2 heterocycles. The van der Waals surface area contributed by atoms with Crippen molar-refractivity contribution in [1.82, 2.24) is 15.2 Å². The van der Waals surface area contributed by atoms with Crippen LogP contribution in [0.3, 0.4) is 0 Å². The highest BCUT2D eigenvalue weighted by atomic mass is 16.2. The van der Waals surface area contributed by atoms with E-state index >= 15 is 0 Å². The first kappa shape index (κ1) is 22.9. The highest BCUT2D eigenvalue weighted by Gasteiger charge is 2.30. The second-order valence-corrected chi connectivity index (χ2v) is 9.41. The summed E-state index contributed by atoms with van der Waals surface area (Å²) in [5.41, 5.74) is 3.98. The summed E-state index contributed by atoms with van der Waals surface area (Å²) in [7, 11) is 0. The number of likely N-dealkylation sites (tertiary alicyclic amines) is 1. The van der Waals surface area contributed by atoms with Gasteiger partial charge in [0.05, 0.1) is 0 Å². The molecule has 178 valence electrons. The van der Waals surface area contributed by atoms with Crippen LogP contribution in [-0.2, 0) is 17.6 Å². The Hall–Kier alpha value is -3.86. The maximum absolute atomic E-state index is 13.7. The SMILES string of the molecule is O=C(NC(Cc1c[nH]c2ccccc12)C(=O)N1CCC(Cc2ccccc2)CC1)c1ccccc1. The van der Waals surface area contributed by atoms with E-state index in [1.165, 1.54) is 5.56 Å². The van der Waals surface area contributed by atoms with Gasteiger partial charge in [0.1, 0.15) is 6.04 Å². The average Bonchev–Trinajstić information content (AvgIpc) is 3.32. The van der Waals surface area contributed by atoms with Crippen molar-refractivity contribution in [2.45, 2.75) is 31.7 Å². The van der Waals surface area contributed by atoms with Gasteiger partial charge in [-0.25, -0.2) is 0 Å². The number of carbonyl (C=O) groups excluding carboxylic acids is 2. The van der Waals surface area contributed by atoms with Crippen LogP contribution in [0.1, 0.15) is 34.3 Å². The van der Waals surface area contributed by atoms with Gasteiger partial charge in [0.2, 0.25) is 5.91 Å². The van der Waals surface area contributed by atoms with E-state index in [2.05, 4.69) is 40.6 Å². The molecule has 0 aliphatic carbocycles. The van der Waals surface area contributed by atoms with Crippen molar-refractivity contribution in [3.05, 3.63) is 108 Å². The number of carbonyl (C=O) groups is 2. The third-order valence-corrected chi connectivity index (χ3v) is 7.03. The Kier molecular flexibility index (Phi) is 6.94. The third kappa shape index (κ3) is 5.46. The molecular formula is C30H31N3O2. The lowest BCUT2D eigenvalue weighted by atomic mass is 9.89.